The number of para-hydroxylation sites is 1. The Hall–Kier alpha value is -1.36. The van der Waals surface area contributed by atoms with Gasteiger partial charge in [0.25, 0.3) is 0 Å². The fourth-order valence-electron chi connectivity index (χ4n) is 2.19. The third-order valence-corrected chi connectivity index (χ3v) is 3.30. The highest BCUT2D eigenvalue weighted by atomic mass is 127. The molecule has 1 rings (SSSR count). The Morgan fingerprint density at radius 2 is 1.96 bits per heavy atom. The molecule has 6 nitrogen and oxygen atoms in total. The second-order valence-electron chi connectivity index (χ2n) is 5.68. The lowest BCUT2D eigenvalue weighted by Crippen LogP contribution is -2.37. The molecule has 0 aliphatic heterocycles. The predicted molar refractivity (Wildman–Crippen MR) is 114 cm³/mol. The molecule has 0 fully saturated rings. The van der Waals surface area contributed by atoms with Crippen molar-refractivity contribution in [1.29, 1.82) is 0 Å². The van der Waals surface area contributed by atoms with E-state index in [1.807, 2.05) is 13.8 Å². The minimum absolute atomic E-state index is 0. The molecule has 27 heavy (non-hydrogen) atoms. The largest absolute Gasteiger partial charge is 0.490 e. The second-order valence-corrected chi connectivity index (χ2v) is 5.68. The number of hydrogen-bond acceptors (Lipinski definition) is 4. The predicted octanol–water partition coefficient (Wildman–Crippen LogP) is 3.78. The minimum Gasteiger partial charge on any atom is -0.490 e. The molecule has 1 aromatic rings. The molecule has 0 radical (unpaired) electrons. The molecule has 0 aliphatic rings. The molecule has 0 saturated heterocycles. The Labute approximate surface area is 177 Å². The van der Waals surface area contributed by atoms with E-state index in [2.05, 4.69) is 20.4 Å². The van der Waals surface area contributed by atoms with Gasteiger partial charge in [0.05, 0.1) is 12.7 Å². The highest BCUT2D eigenvalue weighted by Crippen LogP contribution is 2.32. The molecule has 0 aromatic heterocycles. The van der Waals surface area contributed by atoms with Gasteiger partial charge in [-0.15, -0.1) is 24.0 Å². The molecule has 0 aliphatic carbocycles. The van der Waals surface area contributed by atoms with E-state index in [0.717, 1.165) is 6.42 Å². The molecule has 9 heteroatoms. The van der Waals surface area contributed by atoms with Crippen molar-refractivity contribution in [3.8, 4) is 11.5 Å². The molecule has 0 saturated carbocycles. The first-order chi connectivity index (χ1) is 12.5. The maximum absolute atomic E-state index is 12.7. The normalized spacial score (nSPS) is 11.3. The highest BCUT2D eigenvalue weighted by molar-refractivity contribution is 14.0. The van der Waals surface area contributed by atoms with Crippen LogP contribution in [0.3, 0.4) is 0 Å². The van der Waals surface area contributed by atoms with Crippen LogP contribution in [0.25, 0.3) is 0 Å². The zero-order valence-electron chi connectivity index (χ0n) is 16.3. The first-order valence-corrected chi connectivity index (χ1v) is 8.73. The first kappa shape index (κ1) is 25.6. The Bertz CT molecular complexity index is 561. The van der Waals surface area contributed by atoms with Crippen molar-refractivity contribution in [3.05, 3.63) is 23.8 Å². The monoisotopic (exact) mass is 501 g/mol. The van der Waals surface area contributed by atoms with E-state index in [1.54, 1.807) is 32.2 Å². The average molecular weight is 501 g/mol. The number of guanidine groups is 1. The third kappa shape index (κ3) is 10.5. The van der Waals surface area contributed by atoms with E-state index in [9.17, 15) is 8.78 Å². The fourth-order valence-corrected chi connectivity index (χ4v) is 2.19. The molecule has 0 bridgehead atoms. The molecule has 2 N–H and O–H groups in total. The maximum atomic E-state index is 12.7. The van der Waals surface area contributed by atoms with Crippen LogP contribution in [0.2, 0.25) is 0 Å². The van der Waals surface area contributed by atoms with Gasteiger partial charge >= 0.3 is 6.61 Å². The van der Waals surface area contributed by atoms with Crippen LogP contribution < -0.4 is 20.1 Å². The minimum atomic E-state index is -2.92. The molecule has 156 valence electrons. The van der Waals surface area contributed by atoms with Crippen LogP contribution in [0.15, 0.2) is 23.2 Å². The van der Waals surface area contributed by atoms with Crippen molar-refractivity contribution in [3.63, 3.8) is 0 Å². The summed E-state index contributed by atoms with van der Waals surface area (Å²) < 4.78 is 41.0. The van der Waals surface area contributed by atoms with Crippen molar-refractivity contribution in [2.75, 3.05) is 26.8 Å². The number of benzene rings is 1. The average Bonchev–Trinajstić information content (AvgIpc) is 2.59. The maximum Gasteiger partial charge on any atom is 0.387 e. The van der Waals surface area contributed by atoms with E-state index in [4.69, 9.17) is 9.47 Å². The number of halogens is 3. The van der Waals surface area contributed by atoms with Crippen molar-refractivity contribution in [1.82, 2.24) is 10.6 Å². The van der Waals surface area contributed by atoms with E-state index in [-0.39, 0.29) is 42.4 Å². The van der Waals surface area contributed by atoms with Gasteiger partial charge < -0.3 is 24.8 Å². The lowest BCUT2D eigenvalue weighted by atomic mass is 10.2. The highest BCUT2D eigenvalue weighted by Gasteiger charge is 2.15. The summed E-state index contributed by atoms with van der Waals surface area (Å²) in [5.41, 5.74) is 0.558. The molecule has 0 atom stereocenters. The summed E-state index contributed by atoms with van der Waals surface area (Å²) >= 11 is 0. The van der Waals surface area contributed by atoms with E-state index < -0.39 is 6.61 Å². The van der Waals surface area contributed by atoms with Gasteiger partial charge in [-0.25, -0.2) is 0 Å². The van der Waals surface area contributed by atoms with Crippen LogP contribution in [0.1, 0.15) is 32.8 Å². The zero-order valence-corrected chi connectivity index (χ0v) is 18.6. The number of ether oxygens (including phenoxy) is 3. The summed E-state index contributed by atoms with van der Waals surface area (Å²) in [6.07, 6.45) is 1.04. The summed E-state index contributed by atoms with van der Waals surface area (Å²) in [7, 11) is 1.65. The molecule has 0 spiro atoms. The Morgan fingerprint density at radius 1 is 1.22 bits per heavy atom. The van der Waals surface area contributed by atoms with Gasteiger partial charge in [-0.2, -0.15) is 8.78 Å². The standard InChI is InChI=1S/C18H29F2N3O3.HI/c1-5-24-15-9-6-8-14(16(15)26-17(19)20)12-23-18(21-4)22-10-7-11-25-13(2)3;/h6,8-9,13,17H,5,7,10-12H2,1-4H3,(H2,21,22,23);1H. The van der Waals surface area contributed by atoms with Gasteiger partial charge in [0, 0.05) is 32.3 Å². The van der Waals surface area contributed by atoms with Crippen LogP contribution >= 0.6 is 24.0 Å². The molecule has 1 aromatic carbocycles. The SMILES string of the molecule is CCOc1cccc(CNC(=NC)NCCCOC(C)C)c1OC(F)F.I. The number of rotatable bonds is 11. The summed E-state index contributed by atoms with van der Waals surface area (Å²) in [6.45, 7) is 4.81. The van der Waals surface area contributed by atoms with Gasteiger partial charge in [0.15, 0.2) is 17.5 Å². The fraction of sp³-hybridized carbons (Fsp3) is 0.611. The molecule has 0 amide bonds. The van der Waals surface area contributed by atoms with Gasteiger partial charge in [0.2, 0.25) is 0 Å². The Kier molecular flexibility index (Phi) is 13.9. The first-order valence-electron chi connectivity index (χ1n) is 8.73. The lowest BCUT2D eigenvalue weighted by molar-refractivity contribution is -0.0520. The van der Waals surface area contributed by atoms with Crippen molar-refractivity contribution in [2.24, 2.45) is 4.99 Å². The number of aliphatic imine (C=N–C) groups is 1. The van der Waals surface area contributed by atoms with Gasteiger partial charge in [0.1, 0.15) is 0 Å². The van der Waals surface area contributed by atoms with Crippen LogP contribution in [-0.2, 0) is 11.3 Å². The number of hydrogen-bond donors (Lipinski definition) is 2. The summed E-state index contributed by atoms with van der Waals surface area (Å²) in [5.74, 6) is 0.901. The van der Waals surface area contributed by atoms with Crippen LogP contribution in [0, 0.1) is 0 Å². The number of alkyl halides is 2. The smallest absolute Gasteiger partial charge is 0.387 e. The van der Waals surface area contributed by atoms with Crippen LogP contribution in [-0.4, -0.2) is 45.5 Å². The zero-order chi connectivity index (χ0) is 19.4. The molecule has 0 heterocycles. The van der Waals surface area contributed by atoms with Gasteiger partial charge in [-0.1, -0.05) is 12.1 Å². The number of nitrogens with zero attached hydrogens (tertiary/aromatic N) is 1. The topological polar surface area (TPSA) is 64.1 Å². The Morgan fingerprint density at radius 3 is 2.56 bits per heavy atom. The van der Waals surface area contributed by atoms with Crippen LogP contribution in [0.4, 0.5) is 8.78 Å². The second kappa shape index (κ2) is 14.7. The number of nitrogens with one attached hydrogen (secondary N) is 2. The van der Waals surface area contributed by atoms with Gasteiger partial charge in [-0.3, -0.25) is 4.99 Å². The van der Waals surface area contributed by atoms with Crippen molar-refractivity contribution >= 4 is 29.9 Å². The quantitative estimate of drug-likeness (QED) is 0.209. The summed E-state index contributed by atoms with van der Waals surface area (Å²) in [4.78, 5) is 4.12. The molecular formula is C18H30F2IN3O3. The van der Waals surface area contributed by atoms with E-state index in [1.165, 1.54) is 0 Å². The van der Waals surface area contributed by atoms with Crippen molar-refractivity contribution < 1.29 is 23.0 Å². The summed E-state index contributed by atoms with van der Waals surface area (Å²) in [5, 5.41) is 6.24. The lowest BCUT2D eigenvalue weighted by Gasteiger charge is -2.17. The van der Waals surface area contributed by atoms with E-state index >= 15 is 0 Å². The summed E-state index contributed by atoms with van der Waals surface area (Å²) in [6, 6.07) is 5.04. The van der Waals surface area contributed by atoms with Crippen molar-refractivity contribution in [2.45, 2.75) is 46.5 Å². The molecule has 0 unspecified atom stereocenters. The van der Waals surface area contributed by atoms with E-state index in [0.29, 0.717) is 37.0 Å². The molecular weight excluding hydrogens is 471 g/mol. The van der Waals surface area contributed by atoms with Crippen LogP contribution in [0.5, 0.6) is 11.5 Å². The third-order valence-electron chi connectivity index (χ3n) is 3.30. The Balaban J connectivity index is 0.00000676. The van der Waals surface area contributed by atoms with Gasteiger partial charge in [-0.05, 0) is 33.3 Å².